The van der Waals surface area contributed by atoms with E-state index in [9.17, 15) is 14.7 Å². The molecule has 0 spiro atoms. The molecule has 1 aliphatic rings. The van der Waals surface area contributed by atoms with Crippen LogP contribution >= 0.6 is 0 Å². The van der Waals surface area contributed by atoms with Crippen molar-refractivity contribution in [3.63, 3.8) is 0 Å². The van der Waals surface area contributed by atoms with Gasteiger partial charge >= 0.3 is 12.0 Å². The molecule has 7 heteroatoms. The van der Waals surface area contributed by atoms with Crippen molar-refractivity contribution in [2.75, 3.05) is 20.1 Å². The Kier molecular flexibility index (Phi) is 4.29. The normalized spacial score (nSPS) is 23.2. The van der Waals surface area contributed by atoms with E-state index in [0.29, 0.717) is 0 Å². The van der Waals surface area contributed by atoms with Gasteiger partial charge in [-0.3, -0.25) is 0 Å². The molecule has 0 radical (unpaired) electrons. The van der Waals surface area contributed by atoms with Crippen LogP contribution in [0.4, 0.5) is 4.79 Å². The predicted octanol–water partition coefficient (Wildman–Crippen LogP) is -0.528. The highest BCUT2D eigenvalue weighted by Crippen LogP contribution is 2.19. The fourth-order valence-electron chi connectivity index (χ4n) is 1.79. The summed E-state index contributed by atoms with van der Waals surface area (Å²) in [4.78, 5) is 25.2. The number of nitriles is 1. The summed E-state index contributed by atoms with van der Waals surface area (Å²) >= 11 is 0. The lowest BCUT2D eigenvalue weighted by Crippen LogP contribution is -2.47. The fraction of sp³-hybridized carbons (Fsp3) is 0.700. The van der Waals surface area contributed by atoms with Gasteiger partial charge in [0.1, 0.15) is 6.04 Å². The molecule has 0 bridgehead atoms. The van der Waals surface area contributed by atoms with Crippen molar-refractivity contribution in [1.29, 1.82) is 5.26 Å². The third kappa shape index (κ3) is 3.07. The van der Waals surface area contributed by atoms with Crippen molar-refractivity contribution in [2.45, 2.75) is 25.0 Å². The number of amides is 2. The summed E-state index contributed by atoms with van der Waals surface area (Å²) in [5.41, 5.74) is 0. The molecule has 1 fully saturated rings. The number of hydrogen-bond acceptors (Lipinski definition) is 4. The average Bonchev–Trinajstić information content (AvgIpc) is 2.67. The summed E-state index contributed by atoms with van der Waals surface area (Å²) in [5, 5.41) is 26.7. The van der Waals surface area contributed by atoms with Crippen LogP contribution in [0.3, 0.4) is 0 Å². The number of aliphatic hydroxyl groups excluding tert-OH is 1. The molecule has 0 aromatic carbocycles. The van der Waals surface area contributed by atoms with E-state index in [-0.39, 0.29) is 25.9 Å². The van der Waals surface area contributed by atoms with Crippen LogP contribution in [-0.2, 0) is 4.79 Å². The molecule has 94 valence electrons. The number of aliphatic hydroxyl groups is 1. The molecule has 1 rings (SSSR count). The molecule has 17 heavy (non-hydrogen) atoms. The maximum atomic E-state index is 11.9. The number of nitrogens with zero attached hydrogens (tertiary/aromatic N) is 3. The zero-order chi connectivity index (χ0) is 13.0. The number of carbonyl (C=O) groups excluding carboxylic acids is 1. The molecule has 7 nitrogen and oxygen atoms in total. The molecule has 0 aromatic heterocycles. The average molecular weight is 241 g/mol. The summed E-state index contributed by atoms with van der Waals surface area (Å²) in [6.45, 7) is 0.265. The Hall–Kier alpha value is -1.81. The smallest absolute Gasteiger partial charge is 0.326 e. The second-order valence-corrected chi connectivity index (χ2v) is 4.01. The minimum Gasteiger partial charge on any atom is -0.480 e. The Labute approximate surface area is 98.8 Å². The minimum absolute atomic E-state index is 0.0205. The van der Waals surface area contributed by atoms with Crippen molar-refractivity contribution < 1.29 is 19.8 Å². The van der Waals surface area contributed by atoms with Crippen LogP contribution in [0.5, 0.6) is 0 Å². The Morgan fingerprint density at radius 2 is 2.24 bits per heavy atom. The van der Waals surface area contributed by atoms with E-state index < -0.39 is 24.1 Å². The predicted molar refractivity (Wildman–Crippen MR) is 57.0 cm³/mol. The summed E-state index contributed by atoms with van der Waals surface area (Å²) in [5.74, 6) is -1.12. The minimum atomic E-state index is -1.12. The van der Waals surface area contributed by atoms with E-state index in [1.165, 1.54) is 11.9 Å². The Balaban J connectivity index is 2.67. The van der Waals surface area contributed by atoms with Gasteiger partial charge in [0.05, 0.1) is 18.6 Å². The van der Waals surface area contributed by atoms with Gasteiger partial charge in [0.2, 0.25) is 0 Å². The molecule has 0 aromatic rings. The highest BCUT2D eigenvalue weighted by molar-refractivity contribution is 5.83. The quantitative estimate of drug-likeness (QED) is 0.691. The van der Waals surface area contributed by atoms with Gasteiger partial charge in [-0.2, -0.15) is 5.26 Å². The zero-order valence-electron chi connectivity index (χ0n) is 9.54. The van der Waals surface area contributed by atoms with Crippen molar-refractivity contribution in [3.05, 3.63) is 0 Å². The van der Waals surface area contributed by atoms with Crippen LogP contribution in [0.1, 0.15) is 12.8 Å². The van der Waals surface area contributed by atoms with E-state index in [2.05, 4.69) is 0 Å². The lowest BCUT2D eigenvalue weighted by atomic mass is 10.2. The number of rotatable bonds is 3. The topological polar surface area (TPSA) is 105 Å². The first kappa shape index (κ1) is 13.3. The SMILES string of the molecule is CN(CCC#N)C(=O)N1C[C@H](O)C[C@@H]1C(=O)O. The van der Waals surface area contributed by atoms with E-state index in [4.69, 9.17) is 10.4 Å². The van der Waals surface area contributed by atoms with E-state index >= 15 is 0 Å². The Bertz CT molecular complexity index is 352. The van der Waals surface area contributed by atoms with Crippen molar-refractivity contribution in [2.24, 2.45) is 0 Å². The van der Waals surface area contributed by atoms with Gasteiger partial charge in [-0.1, -0.05) is 0 Å². The molecule has 2 atom stereocenters. The molecule has 1 saturated heterocycles. The largest absolute Gasteiger partial charge is 0.480 e. The van der Waals surface area contributed by atoms with Gasteiger partial charge < -0.3 is 20.0 Å². The van der Waals surface area contributed by atoms with Gasteiger partial charge in [-0.15, -0.1) is 0 Å². The Morgan fingerprint density at radius 3 is 2.76 bits per heavy atom. The first-order valence-corrected chi connectivity index (χ1v) is 5.27. The maximum absolute atomic E-state index is 11.9. The third-order valence-corrected chi connectivity index (χ3v) is 2.70. The van der Waals surface area contributed by atoms with E-state index in [1.807, 2.05) is 6.07 Å². The highest BCUT2D eigenvalue weighted by atomic mass is 16.4. The van der Waals surface area contributed by atoms with Crippen LogP contribution in [0, 0.1) is 11.3 Å². The monoisotopic (exact) mass is 241 g/mol. The molecule has 0 unspecified atom stereocenters. The second kappa shape index (κ2) is 5.50. The van der Waals surface area contributed by atoms with Crippen LogP contribution in [0.25, 0.3) is 0 Å². The fourth-order valence-corrected chi connectivity index (χ4v) is 1.79. The van der Waals surface area contributed by atoms with Crippen LogP contribution in [0.15, 0.2) is 0 Å². The van der Waals surface area contributed by atoms with Crippen molar-refractivity contribution >= 4 is 12.0 Å². The Morgan fingerprint density at radius 1 is 1.59 bits per heavy atom. The summed E-state index contributed by atoms with van der Waals surface area (Å²) in [7, 11) is 1.50. The number of carboxylic acid groups (broad SMARTS) is 1. The molecule has 0 saturated carbocycles. The number of hydrogen-bond donors (Lipinski definition) is 2. The molecular formula is C10H15N3O4. The van der Waals surface area contributed by atoms with Gasteiger partial charge in [-0.25, -0.2) is 9.59 Å². The van der Waals surface area contributed by atoms with Gasteiger partial charge in [0.25, 0.3) is 0 Å². The molecule has 2 N–H and O–H groups in total. The molecule has 2 amide bonds. The number of urea groups is 1. The number of β-amino-alcohol motifs (C(OH)–C–C–N with tert-alkyl or cyclic N) is 1. The van der Waals surface area contributed by atoms with Gasteiger partial charge in [0.15, 0.2) is 0 Å². The third-order valence-electron chi connectivity index (χ3n) is 2.70. The summed E-state index contributed by atoms with van der Waals surface area (Å²) in [6.07, 6.45) is -0.562. The maximum Gasteiger partial charge on any atom is 0.326 e. The lowest BCUT2D eigenvalue weighted by molar-refractivity contribution is -0.141. The first-order valence-electron chi connectivity index (χ1n) is 5.27. The number of carbonyl (C=O) groups is 2. The second-order valence-electron chi connectivity index (χ2n) is 4.01. The molecular weight excluding hydrogens is 226 g/mol. The van der Waals surface area contributed by atoms with E-state index in [0.717, 1.165) is 4.90 Å². The van der Waals surface area contributed by atoms with Crippen LogP contribution in [0.2, 0.25) is 0 Å². The zero-order valence-corrected chi connectivity index (χ0v) is 9.54. The summed E-state index contributed by atoms with van der Waals surface area (Å²) < 4.78 is 0. The van der Waals surface area contributed by atoms with E-state index in [1.54, 1.807) is 0 Å². The van der Waals surface area contributed by atoms with Crippen molar-refractivity contribution in [1.82, 2.24) is 9.80 Å². The number of carboxylic acids is 1. The molecule has 1 aliphatic heterocycles. The van der Waals surface area contributed by atoms with Gasteiger partial charge in [0, 0.05) is 26.6 Å². The van der Waals surface area contributed by atoms with Crippen LogP contribution < -0.4 is 0 Å². The molecule has 0 aliphatic carbocycles. The number of likely N-dealkylation sites (tertiary alicyclic amines) is 1. The van der Waals surface area contributed by atoms with Gasteiger partial charge in [-0.05, 0) is 0 Å². The van der Waals surface area contributed by atoms with Crippen molar-refractivity contribution in [3.8, 4) is 6.07 Å². The highest BCUT2D eigenvalue weighted by Gasteiger charge is 2.39. The number of aliphatic carboxylic acids is 1. The molecule has 1 heterocycles. The first-order chi connectivity index (χ1) is 7.97. The standard InChI is InChI=1S/C10H15N3O4/c1-12(4-2-3-11)10(17)13-6-7(14)5-8(13)9(15)16/h7-8,14H,2,4-6H2,1H3,(H,15,16)/t7-,8-/m1/s1. The van der Waals surface area contributed by atoms with Crippen LogP contribution in [-0.4, -0.2) is 64.3 Å². The lowest BCUT2D eigenvalue weighted by Gasteiger charge is -2.26. The summed E-state index contributed by atoms with van der Waals surface area (Å²) in [6, 6.07) is 0.456.